The number of hydrogen-bond acceptors (Lipinski definition) is 2. The van der Waals surface area contributed by atoms with Crippen molar-refractivity contribution in [1.82, 2.24) is 9.97 Å². The highest BCUT2D eigenvalue weighted by Gasteiger charge is 1.98. The van der Waals surface area contributed by atoms with Gasteiger partial charge in [0, 0.05) is 0 Å². The number of halogens is 1. The van der Waals surface area contributed by atoms with Crippen LogP contribution in [0.3, 0.4) is 0 Å². The molecular weight excluding hydrogens is 160 g/mol. The largest absolute Gasteiger partial charge is 0.256 e. The fourth-order valence-corrected chi connectivity index (χ4v) is 0.960. The average Bonchev–Trinajstić information content (AvgIpc) is 1.93. The normalized spacial score (nSPS) is 10.5. The van der Waals surface area contributed by atoms with Gasteiger partial charge in [0.15, 0.2) is 0 Å². The van der Waals surface area contributed by atoms with Gasteiger partial charge in [0.25, 0.3) is 0 Å². The molecule has 0 aliphatic rings. The maximum absolute atomic E-state index is 5.57. The van der Waals surface area contributed by atoms with Crippen LogP contribution in [-0.2, 0) is 6.42 Å². The Bertz CT molecular complexity index is 218. The van der Waals surface area contributed by atoms with Gasteiger partial charge in [0.2, 0.25) is 0 Å². The standard InChI is InChI=1S/C8H11ClN2/c1-6(2)3-7-4-11-8(9)5-10-7/h4-6H,3H2,1-2H3. The molecule has 0 bridgehead atoms. The summed E-state index contributed by atoms with van der Waals surface area (Å²) in [6.07, 6.45) is 4.27. The van der Waals surface area contributed by atoms with Crippen molar-refractivity contribution < 1.29 is 0 Å². The van der Waals surface area contributed by atoms with Crippen LogP contribution in [0.25, 0.3) is 0 Å². The summed E-state index contributed by atoms with van der Waals surface area (Å²) in [6.45, 7) is 4.30. The first-order valence-electron chi connectivity index (χ1n) is 3.65. The van der Waals surface area contributed by atoms with Gasteiger partial charge in [-0.05, 0) is 12.3 Å². The second-order valence-electron chi connectivity index (χ2n) is 2.93. The first-order valence-corrected chi connectivity index (χ1v) is 4.02. The van der Waals surface area contributed by atoms with Gasteiger partial charge in [-0.25, -0.2) is 4.98 Å². The van der Waals surface area contributed by atoms with Crippen molar-refractivity contribution >= 4 is 11.6 Å². The predicted molar refractivity (Wildman–Crippen MR) is 45.6 cm³/mol. The van der Waals surface area contributed by atoms with Crippen LogP contribution in [0.1, 0.15) is 19.5 Å². The smallest absolute Gasteiger partial charge is 0.147 e. The summed E-state index contributed by atoms with van der Waals surface area (Å²) in [5.74, 6) is 0.616. The molecule has 1 heterocycles. The van der Waals surface area contributed by atoms with Gasteiger partial charge >= 0.3 is 0 Å². The maximum atomic E-state index is 5.57. The molecule has 1 aromatic heterocycles. The molecule has 0 amide bonds. The molecule has 0 saturated carbocycles. The van der Waals surface area contributed by atoms with Crippen LogP contribution < -0.4 is 0 Å². The van der Waals surface area contributed by atoms with E-state index in [9.17, 15) is 0 Å². The maximum Gasteiger partial charge on any atom is 0.147 e. The highest BCUT2D eigenvalue weighted by atomic mass is 35.5. The molecule has 0 fully saturated rings. The van der Waals surface area contributed by atoms with E-state index in [4.69, 9.17) is 11.6 Å². The Balaban J connectivity index is 2.66. The van der Waals surface area contributed by atoms with Crippen LogP contribution in [0, 0.1) is 5.92 Å². The molecule has 1 aromatic rings. The topological polar surface area (TPSA) is 25.8 Å². The number of hydrogen-bond donors (Lipinski definition) is 0. The van der Waals surface area contributed by atoms with Crippen molar-refractivity contribution in [1.29, 1.82) is 0 Å². The fraction of sp³-hybridized carbons (Fsp3) is 0.500. The first-order chi connectivity index (χ1) is 5.18. The lowest BCUT2D eigenvalue weighted by Gasteiger charge is -2.01. The fourth-order valence-electron chi connectivity index (χ4n) is 0.863. The van der Waals surface area contributed by atoms with E-state index in [1.807, 2.05) is 0 Å². The van der Waals surface area contributed by atoms with E-state index >= 15 is 0 Å². The highest BCUT2D eigenvalue weighted by molar-refractivity contribution is 6.29. The van der Waals surface area contributed by atoms with Crippen LogP contribution >= 0.6 is 11.6 Å². The van der Waals surface area contributed by atoms with Crippen molar-refractivity contribution in [3.05, 3.63) is 23.2 Å². The molecule has 0 aliphatic heterocycles. The molecule has 1 rings (SSSR count). The molecule has 0 unspecified atom stereocenters. The molecule has 0 aromatic carbocycles. The average molecular weight is 171 g/mol. The quantitative estimate of drug-likeness (QED) is 0.681. The van der Waals surface area contributed by atoms with Crippen molar-refractivity contribution in [3.63, 3.8) is 0 Å². The molecular formula is C8H11ClN2. The molecule has 0 spiro atoms. The summed E-state index contributed by atoms with van der Waals surface area (Å²) < 4.78 is 0. The zero-order valence-electron chi connectivity index (χ0n) is 6.71. The number of rotatable bonds is 2. The molecule has 0 radical (unpaired) electrons. The molecule has 2 nitrogen and oxygen atoms in total. The second-order valence-corrected chi connectivity index (χ2v) is 3.32. The molecule has 0 atom stereocenters. The van der Waals surface area contributed by atoms with Gasteiger partial charge in [0.1, 0.15) is 5.15 Å². The lowest BCUT2D eigenvalue weighted by molar-refractivity contribution is 0.633. The summed E-state index contributed by atoms with van der Waals surface area (Å²) >= 11 is 5.57. The minimum Gasteiger partial charge on any atom is -0.256 e. The summed E-state index contributed by atoms with van der Waals surface area (Å²) in [5.41, 5.74) is 1.00. The minimum atomic E-state index is 0.456. The van der Waals surface area contributed by atoms with Crippen LogP contribution in [0.5, 0.6) is 0 Å². The van der Waals surface area contributed by atoms with Crippen molar-refractivity contribution in [2.45, 2.75) is 20.3 Å². The van der Waals surface area contributed by atoms with Gasteiger partial charge in [-0.3, -0.25) is 4.98 Å². The third kappa shape index (κ3) is 2.85. The van der Waals surface area contributed by atoms with Crippen molar-refractivity contribution in [2.75, 3.05) is 0 Å². The van der Waals surface area contributed by atoms with Gasteiger partial charge in [-0.15, -0.1) is 0 Å². The lowest BCUT2D eigenvalue weighted by atomic mass is 10.1. The zero-order chi connectivity index (χ0) is 8.27. The summed E-state index contributed by atoms with van der Waals surface area (Å²) in [6, 6.07) is 0. The molecule has 0 N–H and O–H groups in total. The summed E-state index contributed by atoms with van der Waals surface area (Å²) in [4.78, 5) is 8.06. The van der Waals surface area contributed by atoms with E-state index in [1.54, 1.807) is 12.4 Å². The first kappa shape index (κ1) is 8.47. The molecule has 11 heavy (non-hydrogen) atoms. The Morgan fingerprint density at radius 1 is 1.36 bits per heavy atom. The van der Waals surface area contributed by atoms with Crippen molar-refractivity contribution in [3.8, 4) is 0 Å². The second kappa shape index (κ2) is 3.67. The van der Waals surface area contributed by atoms with E-state index in [2.05, 4.69) is 23.8 Å². The van der Waals surface area contributed by atoms with Gasteiger partial charge in [0.05, 0.1) is 18.1 Å². The zero-order valence-corrected chi connectivity index (χ0v) is 7.47. The SMILES string of the molecule is CC(C)Cc1cnc(Cl)cn1. The molecule has 3 heteroatoms. The van der Waals surface area contributed by atoms with Crippen LogP contribution in [-0.4, -0.2) is 9.97 Å². The molecule has 0 aliphatic carbocycles. The minimum absolute atomic E-state index is 0.456. The Labute approximate surface area is 71.6 Å². The van der Waals surface area contributed by atoms with Crippen LogP contribution in [0.15, 0.2) is 12.4 Å². The Hall–Kier alpha value is -0.630. The highest BCUT2D eigenvalue weighted by Crippen LogP contribution is 2.05. The lowest BCUT2D eigenvalue weighted by Crippen LogP contribution is -1.97. The van der Waals surface area contributed by atoms with E-state index < -0.39 is 0 Å². The third-order valence-corrected chi connectivity index (χ3v) is 1.49. The molecule has 0 saturated heterocycles. The van der Waals surface area contributed by atoms with E-state index in [-0.39, 0.29) is 0 Å². The van der Waals surface area contributed by atoms with Gasteiger partial charge in [-0.1, -0.05) is 25.4 Å². The Morgan fingerprint density at radius 2 is 2.09 bits per heavy atom. The summed E-state index contributed by atoms with van der Waals surface area (Å²) in [5, 5.41) is 0.456. The van der Waals surface area contributed by atoms with Crippen molar-refractivity contribution in [2.24, 2.45) is 5.92 Å². The van der Waals surface area contributed by atoms with Gasteiger partial charge < -0.3 is 0 Å². The predicted octanol–water partition coefficient (Wildman–Crippen LogP) is 2.33. The number of nitrogens with zero attached hydrogens (tertiary/aromatic N) is 2. The van der Waals surface area contributed by atoms with Gasteiger partial charge in [-0.2, -0.15) is 0 Å². The van der Waals surface area contributed by atoms with E-state index in [1.165, 1.54) is 0 Å². The molecule has 60 valence electrons. The summed E-state index contributed by atoms with van der Waals surface area (Å²) in [7, 11) is 0. The third-order valence-electron chi connectivity index (χ3n) is 1.29. The number of aromatic nitrogens is 2. The van der Waals surface area contributed by atoms with Crippen LogP contribution in [0.2, 0.25) is 5.15 Å². The van der Waals surface area contributed by atoms with Crippen LogP contribution in [0.4, 0.5) is 0 Å². The van der Waals surface area contributed by atoms with E-state index in [0.717, 1.165) is 12.1 Å². The monoisotopic (exact) mass is 170 g/mol. The van der Waals surface area contributed by atoms with E-state index in [0.29, 0.717) is 11.1 Å². The Morgan fingerprint density at radius 3 is 2.55 bits per heavy atom. The Kier molecular flexibility index (Phi) is 2.83.